The van der Waals surface area contributed by atoms with Gasteiger partial charge in [-0.25, -0.2) is 5.01 Å². The lowest BCUT2D eigenvalue weighted by Crippen LogP contribution is -2.24. The molecule has 0 saturated heterocycles. The fraction of sp³-hybridized carbons (Fsp3) is 0.391. The third-order valence-electron chi connectivity index (χ3n) is 5.01. The third kappa shape index (κ3) is 4.88. The Morgan fingerprint density at radius 1 is 1.17 bits per heavy atom. The fourth-order valence-electron chi connectivity index (χ4n) is 3.43. The average Bonchev–Trinajstić information content (AvgIpc) is 3.17. The van der Waals surface area contributed by atoms with E-state index in [9.17, 15) is 9.90 Å². The van der Waals surface area contributed by atoms with Crippen molar-refractivity contribution in [3.05, 3.63) is 53.6 Å². The highest BCUT2D eigenvalue weighted by Gasteiger charge is 2.32. The molecule has 0 spiro atoms. The summed E-state index contributed by atoms with van der Waals surface area (Å²) in [5.41, 5.74) is 2.64. The van der Waals surface area contributed by atoms with E-state index in [4.69, 9.17) is 9.47 Å². The number of phenolic OH excluding ortho intramolecular Hbond substituents is 1. The van der Waals surface area contributed by atoms with Gasteiger partial charge in [-0.05, 0) is 53.9 Å². The number of benzene rings is 2. The zero-order chi connectivity index (χ0) is 20.8. The lowest BCUT2D eigenvalue weighted by Gasteiger charge is -2.21. The maximum atomic E-state index is 12.2. The lowest BCUT2D eigenvalue weighted by atomic mass is 9.98. The Kier molecular flexibility index (Phi) is 6.75. The van der Waals surface area contributed by atoms with Crippen LogP contribution < -0.4 is 9.47 Å². The van der Waals surface area contributed by atoms with Crippen molar-refractivity contribution >= 4 is 11.6 Å². The van der Waals surface area contributed by atoms with E-state index >= 15 is 0 Å². The van der Waals surface area contributed by atoms with Crippen molar-refractivity contribution in [1.82, 2.24) is 5.01 Å². The maximum absolute atomic E-state index is 12.2. The van der Waals surface area contributed by atoms with E-state index in [1.807, 2.05) is 30.3 Å². The number of hydrogen-bond donors (Lipinski definition) is 1. The zero-order valence-corrected chi connectivity index (χ0v) is 17.2. The topological polar surface area (TPSA) is 71.4 Å². The molecule has 1 heterocycles. The molecule has 1 aliphatic rings. The Labute approximate surface area is 171 Å². The van der Waals surface area contributed by atoms with Gasteiger partial charge in [0.05, 0.1) is 25.5 Å². The van der Waals surface area contributed by atoms with Crippen LogP contribution in [0.5, 0.6) is 17.2 Å². The molecule has 1 atom stereocenters. The number of amides is 1. The molecule has 1 amide bonds. The first kappa shape index (κ1) is 20.7. The van der Waals surface area contributed by atoms with Crippen LogP contribution in [0.2, 0.25) is 0 Å². The molecule has 1 aliphatic heterocycles. The van der Waals surface area contributed by atoms with E-state index in [0.29, 0.717) is 24.5 Å². The Morgan fingerprint density at radius 2 is 1.93 bits per heavy atom. The molecule has 0 aromatic heterocycles. The van der Waals surface area contributed by atoms with Gasteiger partial charge in [0.2, 0.25) is 5.91 Å². The first-order valence-electron chi connectivity index (χ1n) is 10.0. The van der Waals surface area contributed by atoms with Crippen LogP contribution in [0, 0.1) is 0 Å². The lowest BCUT2D eigenvalue weighted by molar-refractivity contribution is -0.130. The molecule has 0 radical (unpaired) electrons. The Morgan fingerprint density at radius 3 is 2.59 bits per heavy atom. The summed E-state index contributed by atoms with van der Waals surface area (Å²) in [4.78, 5) is 12.2. The Hall–Kier alpha value is -3.02. The molecule has 6 nitrogen and oxygen atoms in total. The monoisotopic (exact) mass is 396 g/mol. The van der Waals surface area contributed by atoms with Gasteiger partial charge in [-0.15, -0.1) is 0 Å². The molecule has 0 saturated carbocycles. The van der Waals surface area contributed by atoms with Crippen LogP contribution >= 0.6 is 0 Å². The molecule has 1 N–H and O–H groups in total. The molecule has 2 aromatic carbocycles. The van der Waals surface area contributed by atoms with Gasteiger partial charge in [-0.1, -0.05) is 25.8 Å². The number of aromatic hydroxyl groups is 1. The molecule has 0 fully saturated rings. The third-order valence-corrected chi connectivity index (χ3v) is 5.01. The molecule has 2 aromatic rings. The fourth-order valence-corrected chi connectivity index (χ4v) is 3.43. The van der Waals surface area contributed by atoms with Crippen LogP contribution in [0.25, 0.3) is 0 Å². The number of rotatable bonds is 8. The summed E-state index contributed by atoms with van der Waals surface area (Å²) in [7, 11) is 1.62. The second kappa shape index (κ2) is 9.45. The minimum Gasteiger partial charge on any atom is -0.508 e. The molecular weight excluding hydrogens is 368 g/mol. The van der Waals surface area contributed by atoms with E-state index in [1.165, 1.54) is 11.9 Å². The van der Waals surface area contributed by atoms with Crippen LogP contribution in [0.1, 0.15) is 56.7 Å². The van der Waals surface area contributed by atoms with Gasteiger partial charge in [-0.3, -0.25) is 4.79 Å². The molecule has 3 rings (SSSR count). The number of methoxy groups -OCH3 is 1. The van der Waals surface area contributed by atoms with Crippen LogP contribution in [-0.2, 0) is 4.79 Å². The minimum atomic E-state index is -0.209. The highest BCUT2D eigenvalue weighted by atomic mass is 16.5. The summed E-state index contributed by atoms with van der Waals surface area (Å²) >= 11 is 0. The molecule has 0 bridgehead atoms. The van der Waals surface area contributed by atoms with Crippen LogP contribution in [0.15, 0.2) is 47.6 Å². The molecule has 154 valence electrons. The first-order chi connectivity index (χ1) is 14.0. The van der Waals surface area contributed by atoms with Crippen LogP contribution in [-0.4, -0.2) is 35.5 Å². The second-order valence-corrected chi connectivity index (χ2v) is 7.14. The van der Waals surface area contributed by atoms with Gasteiger partial charge in [0.25, 0.3) is 0 Å². The van der Waals surface area contributed by atoms with Crippen molar-refractivity contribution in [1.29, 1.82) is 0 Å². The molecule has 6 heteroatoms. The van der Waals surface area contributed by atoms with Crippen molar-refractivity contribution in [3.8, 4) is 17.2 Å². The second-order valence-electron chi connectivity index (χ2n) is 7.14. The average molecular weight is 396 g/mol. The van der Waals surface area contributed by atoms with Gasteiger partial charge in [0, 0.05) is 13.3 Å². The largest absolute Gasteiger partial charge is 0.508 e. The number of unbranched alkanes of at least 4 members (excludes halogenated alkanes) is 2. The smallest absolute Gasteiger partial charge is 0.240 e. The highest BCUT2D eigenvalue weighted by molar-refractivity contribution is 6.03. The van der Waals surface area contributed by atoms with Gasteiger partial charge < -0.3 is 14.6 Å². The summed E-state index contributed by atoms with van der Waals surface area (Å²) < 4.78 is 11.4. The van der Waals surface area contributed by atoms with Crippen molar-refractivity contribution in [3.63, 3.8) is 0 Å². The highest BCUT2D eigenvalue weighted by Crippen LogP contribution is 2.37. The van der Waals surface area contributed by atoms with Crippen molar-refractivity contribution in [2.75, 3.05) is 13.7 Å². The van der Waals surface area contributed by atoms with Gasteiger partial charge in [0.15, 0.2) is 11.5 Å². The molecule has 1 unspecified atom stereocenters. The maximum Gasteiger partial charge on any atom is 0.240 e. The van der Waals surface area contributed by atoms with E-state index < -0.39 is 0 Å². The number of carbonyl (C=O) groups excluding carboxylic acids is 1. The molecule has 0 aliphatic carbocycles. The van der Waals surface area contributed by atoms with Gasteiger partial charge in [-0.2, -0.15) is 5.10 Å². The standard InChI is InChI=1S/C23H28N2O4/c1-4-5-6-13-29-22-12-9-18(14-23(22)28-3)21-15-20(24-25(21)16(2)26)17-7-10-19(27)11-8-17/h7-12,14,21,27H,4-6,13,15H2,1-3H3. The van der Waals surface area contributed by atoms with E-state index in [-0.39, 0.29) is 17.7 Å². The van der Waals surface area contributed by atoms with Crippen molar-refractivity contribution < 1.29 is 19.4 Å². The predicted molar refractivity (Wildman–Crippen MR) is 113 cm³/mol. The Balaban J connectivity index is 1.81. The summed E-state index contributed by atoms with van der Waals surface area (Å²) in [5.74, 6) is 1.44. The number of ether oxygens (including phenoxy) is 2. The number of hydrazone groups is 1. The van der Waals surface area contributed by atoms with Crippen LogP contribution in [0.4, 0.5) is 0 Å². The summed E-state index contributed by atoms with van der Waals surface area (Å²) in [6.07, 6.45) is 3.87. The Bertz CT molecular complexity index is 877. The SMILES string of the molecule is CCCCCOc1ccc(C2CC(c3ccc(O)cc3)=NN2C(C)=O)cc1OC. The van der Waals surface area contributed by atoms with E-state index in [2.05, 4.69) is 12.0 Å². The quantitative estimate of drug-likeness (QED) is 0.659. The van der Waals surface area contributed by atoms with Gasteiger partial charge in [0.1, 0.15) is 5.75 Å². The summed E-state index contributed by atoms with van der Waals surface area (Å²) in [6.45, 7) is 4.33. The zero-order valence-electron chi connectivity index (χ0n) is 17.2. The first-order valence-corrected chi connectivity index (χ1v) is 10.0. The summed E-state index contributed by atoms with van der Waals surface area (Å²) in [5, 5.41) is 15.6. The normalized spacial score (nSPS) is 15.9. The van der Waals surface area contributed by atoms with Crippen molar-refractivity contribution in [2.45, 2.75) is 45.6 Å². The van der Waals surface area contributed by atoms with Crippen LogP contribution in [0.3, 0.4) is 0 Å². The number of hydrogen-bond acceptors (Lipinski definition) is 5. The molecule has 29 heavy (non-hydrogen) atoms. The number of nitrogens with zero attached hydrogens (tertiary/aromatic N) is 2. The number of phenols is 1. The van der Waals surface area contributed by atoms with Crippen molar-refractivity contribution in [2.24, 2.45) is 5.10 Å². The summed E-state index contributed by atoms with van der Waals surface area (Å²) in [6, 6.07) is 12.4. The predicted octanol–water partition coefficient (Wildman–Crippen LogP) is 4.67. The van der Waals surface area contributed by atoms with E-state index in [0.717, 1.165) is 36.1 Å². The molecular formula is C23H28N2O4. The number of carbonyl (C=O) groups is 1. The van der Waals surface area contributed by atoms with E-state index in [1.54, 1.807) is 19.2 Å². The minimum absolute atomic E-state index is 0.123. The van der Waals surface area contributed by atoms with Gasteiger partial charge >= 0.3 is 0 Å².